The largest absolute Gasteiger partial charge is 0.342 e. The van der Waals surface area contributed by atoms with E-state index in [1.165, 1.54) is 12.8 Å². The van der Waals surface area contributed by atoms with Gasteiger partial charge < -0.3 is 15.1 Å². The van der Waals surface area contributed by atoms with Gasteiger partial charge in [0.2, 0.25) is 5.91 Å². The van der Waals surface area contributed by atoms with Crippen molar-refractivity contribution in [2.75, 3.05) is 39.8 Å². The maximum absolute atomic E-state index is 11.7. The van der Waals surface area contributed by atoms with Gasteiger partial charge in [-0.2, -0.15) is 0 Å². The normalized spacial score (nSPS) is 15.5. The van der Waals surface area contributed by atoms with Crippen molar-refractivity contribution in [3.63, 3.8) is 0 Å². The molecule has 0 aliphatic heterocycles. The number of rotatable bonds is 8. The molecule has 0 radical (unpaired) electrons. The van der Waals surface area contributed by atoms with E-state index in [4.69, 9.17) is 0 Å². The lowest BCUT2D eigenvalue weighted by molar-refractivity contribution is -0.129. The maximum Gasteiger partial charge on any atom is 0.236 e. The number of hydrogen-bond acceptors (Lipinski definition) is 3. The lowest BCUT2D eigenvalue weighted by atomic mass is 10.4. The van der Waals surface area contributed by atoms with Gasteiger partial charge in [0, 0.05) is 26.2 Å². The summed E-state index contributed by atoms with van der Waals surface area (Å²) in [5.41, 5.74) is 0. The molecule has 94 valence electrons. The van der Waals surface area contributed by atoms with E-state index in [1.807, 2.05) is 11.9 Å². The fraction of sp³-hybridized carbons (Fsp3) is 0.917. The van der Waals surface area contributed by atoms with E-state index in [2.05, 4.69) is 24.1 Å². The molecule has 0 bridgehead atoms. The molecule has 0 aromatic rings. The number of carbonyl (C=O) groups is 1. The van der Waals surface area contributed by atoms with Crippen LogP contribution in [-0.4, -0.2) is 61.5 Å². The van der Waals surface area contributed by atoms with Gasteiger partial charge in [-0.25, -0.2) is 0 Å². The van der Waals surface area contributed by atoms with Crippen LogP contribution in [0.4, 0.5) is 0 Å². The first-order chi connectivity index (χ1) is 7.69. The van der Waals surface area contributed by atoms with Gasteiger partial charge in [0.15, 0.2) is 0 Å². The van der Waals surface area contributed by atoms with Crippen LogP contribution in [0, 0.1) is 0 Å². The van der Waals surface area contributed by atoms with E-state index in [0.29, 0.717) is 12.6 Å². The van der Waals surface area contributed by atoms with Crippen molar-refractivity contribution in [1.82, 2.24) is 15.1 Å². The summed E-state index contributed by atoms with van der Waals surface area (Å²) in [6, 6.07) is 0.525. The third-order valence-electron chi connectivity index (χ3n) is 3.26. The van der Waals surface area contributed by atoms with Crippen molar-refractivity contribution in [3.05, 3.63) is 0 Å². The van der Waals surface area contributed by atoms with Crippen LogP contribution in [0.25, 0.3) is 0 Å². The Balaban J connectivity index is 2.03. The van der Waals surface area contributed by atoms with Crippen LogP contribution in [-0.2, 0) is 4.79 Å². The van der Waals surface area contributed by atoms with Crippen LogP contribution in [0.3, 0.4) is 0 Å². The van der Waals surface area contributed by atoms with Gasteiger partial charge in [0.25, 0.3) is 0 Å². The predicted octanol–water partition coefficient (Wildman–Crippen LogP) is 0.539. The molecule has 0 aromatic heterocycles. The molecule has 0 aromatic carbocycles. The summed E-state index contributed by atoms with van der Waals surface area (Å²) < 4.78 is 0. The second-order valence-electron chi connectivity index (χ2n) is 4.44. The van der Waals surface area contributed by atoms with Crippen molar-refractivity contribution in [3.8, 4) is 0 Å². The summed E-state index contributed by atoms with van der Waals surface area (Å²) in [5.74, 6) is 0.224. The molecule has 0 unspecified atom stereocenters. The number of carbonyl (C=O) groups excluding carboxylic acids is 1. The molecule has 1 fully saturated rings. The predicted molar refractivity (Wildman–Crippen MR) is 66.4 cm³/mol. The van der Waals surface area contributed by atoms with Gasteiger partial charge in [-0.3, -0.25) is 4.79 Å². The Morgan fingerprint density at radius 1 is 1.31 bits per heavy atom. The molecule has 0 spiro atoms. The van der Waals surface area contributed by atoms with Gasteiger partial charge in [-0.15, -0.1) is 0 Å². The third kappa shape index (κ3) is 4.49. The topological polar surface area (TPSA) is 35.6 Å². The summed E-state index contributed by atoms with van der Waals surface area (Å²) in [5, 5.41) is 3.21. The molecule has 16 heavy (non-hydrogen) atoms. The molecule has 1 aliphatic carbocycles. The SMILES string of the molecule is CCN(CC)CCNCC(=O)N(C)C1CC1. The summed E-state index contributed by atoms with van der Waals surface area (Å²) in [4.78, 5) is 15.9. The molecule has 0 heterocycles. The van der Waals surface area contributed by atoms with Crippen LogP contribution in [0.5, 0.6) is 0 Å². The molecule has 0 atom stereocenters. The molecule has 1 saturated carbocycles. The van der Waals surface area contributed by atoms with Crippen molar-refractivity contribution in [1.29, 1.82) is 0 Å². The molecule has 4 heteroatoms. The van der Waals surface area contributed by atoms with E-state index >= 15 is 0 Å². The molecule has 4 nitrogen and oxygen atoms in total. The first kappa shape index (κ1) is 13.5. The van der Waals surface area contributed by atoms with Crippen molar-refractivity contribution in [2.24, 2.45) is 0 Å². The van der Waals surface area contributed by atoms with Gasteiger partial charge in [0.1, 0.15) is 0 Å². The maximum atomic E-state index is 11.7. The zero-order chi connectivity index (χ0) is 12.0. The second-order valence-corrected chi connectivity index (χ2v) is 4.44. The second kappa shape index (κ2) is 6.86. The Hall–Kier alpha value is -0.610. The molecule has 0 saturated heterocycles. The fourth-order valence-corrected chi connectivity index (χ4v) is 1.76. The van der Waals surface area contributed by atoms with Crippen LogP contribution < -0.4 is 5.32 Å². The zero-order valence-corrected chi connectivity index (χ0v) is 10.8. The summed E-state index contributed by atoms with van der Waals surface area (Å²) in [6.45, 7) is 8.88. The van der Waals surface area contributed by atoms with Crippen LogP contribution >= 0.6 is 0 Å². The average molecular weight is 227 g/mol. The van der Waals surface area contributed by atoms with Crippen LogP contribution in [0.2, 0.25) is 0 Å². The van der Waals surface area contributed by atoms with Gasteiger partial charge in [-0.05, 0) is 25.9 Å². The van der Waals surface area contributed by atoms with Crippen LogP contribution in [0.1, 0.15) is 26.7 Å². The molecule has 1 amide bonds. The highest BCUT2D eigenvalue weighted by Gasteiger charge is 2.28. The molecular weight excluding hydrogens is 202 g/mol. The lowest BCUT2D eigenvalue weighted by Crippen LogP contribution is -2.39. The smallest absolute Gasteiger partial charge is 0.236 e. The lowest BCUT2D eigenvalue weighted by Gasteiger charge is -2.19. The molecule has 1 N–H and O–H groups in total. The van der Waals surface area contributed by atoms with Gasteiger partial charge in [0.05, 0.1) is 6.54 Å². The van der Waals surface area contributed by atoms with Crippen molar-refractivity contribution < 1.29 is 4.79 Å². The quantitative estimate of drug-likeness (QED) is 0.615. The zero-order valence-electron chi connectivity index (χ0n) is 10.8. The number of nitrogens with one attached hydrogen (secondary N) is 1. The Labute approximate surface area is 99.0 Å². The minimum absolute atomic E-state index is 0.224. The minimum atomic E-state index is 0.224. The monoisotopic (exact) mass is 227 g/mol. The average Bonchev–Trinajstić information content (AvgIpc) is 3.12. The highest BCUT2D eigenvalue weighted by atomic mass is 16.2. The summed E-state index contributed by atoms with van der Waals surface area (Å²) in [6.07, 6.45) is 2.36. The minimum Gasteiger partial charge on any atom is -0.342 e. The van der Waals surface area contributed by atoms with E-state index in [1.54, 1.807) is 0 Å². The van der Waals surface area contributed by atoms with Gasteiger partial charge >= 0.3 is 0 Å². The fourth-order valence-electron chi connectivity index (χ4n) is 1.76. The third-order valence-corrected chi connectivity index (χ3v) is 3.26. The highest BCUT2D eigenvalue weighted by Crippen LogP contribution is 2.24. The van der Waals surface area contributed by atoms with E-state index < -0.39 is 0 Å². The Kier molecular flexibility index (Phi) is 5.77. The van der Waals surface area contributed by atoms with E-state index in [0.717, 1.165) is 26.2 Å². The number of nitrogens with zero attached hydrogens (tertiary/aromatic N) is 2. The highest BCUT2D eigenvalue weighted by molar-refractivity contribution is 5.78. The summed E-state index contributed by atoms with van der Waals surface area (Å²) >= 11 is 0. The number of hydrogen-bond donors (Lipinski definition) is 1. The standard InChI is InChI=1S/C12H25N3O/c1-4-15(5-2)9-8-13-10-12(16)14(3)11-6-7-11/h11,13H,4-10H2,1-3H3. The van der Waals surface area contributed by atoms with Crippen LogP contribution in [0.15, 0.2) is 0 Å². The summed E-state index contributed by atoms with van der Waals surface area (Å²) in [7, 11) is 1.91. The number of likely N-dealkylation sites (N-methyl/N-ethyl adjacent to an activating group) is 2. The number of amides is 1. The first-order valence-corrected chi connectivity index (χ1v) is 6.37. The molecule has 1 aliphatic rings. The molecular formula is C12H25N3O. The Morgan fingerprint density at radius 3 is 2.44 bits per heavy atom. The van der Waals surface area contributed by atoms with Crippen molar-refractivity contribution in [2.45, 2.75) is 32.7 Å². The molecule has 1 rings (SSSR count). The van der Waals surface area contributed by atoms with E-state index in [9.17, 15) is 4.79 Å². The Bertz CT molecular complexity index is 212. The van der Waals surface area contributed by atoms with E-state index in [-0.39, 0.29) is 5.91 Å². The Morgan fingerprint density at radius 2 is 1.94 bits per heavy atom. The van der Waals surface area contributed by atoms with Gasteiger partial charge in [-0.1, -0.05) is 13.8 Å². The van der Waals surface area contributed by atoms with Crippen molar-refractivity contribution >= 4 is 5.91 Å². The first-order valence-electron chi connectivity index (χ1n) is 6.37.